The van der Waals surface area contributed by atoms with E-state index in [4.69, 9.17) is 0 Å². The molecule has 3 N–H and O–H groups in total. The lowest BCUT2D eigenvalue weighted by Gasteiger charge is -2.37. The molecule has 0 aromatic heterocycles. The Morgan fingerprint density at radius 3 is 2.62 bits per heavy atom. The number of hydrogen-bond donors (Lipinski definition) is 3. The normalized spacial score (nSPS) is 25.4. The lowest BCUT2D eigenvalue weighted by atomic mass is 9.67. The maximum atomic E-state index is 12.8. The third kappa shape index (κ3) is 4.00. The Kier molecular flexibility index (Phi) is 5.22. The number of amides is 2. The minimum absolute atomic E-state index is 0.0264. The van der Waals surface area contributed by atoms with Crippen molar-refractivity contribution in [3.8, 4) is 0 Å². The van der Waals surface area contributed by atoms with Crippen LogP contribution in [0.5, 0.6) is 0 Å². The summed E-state index contributed by atoms with van der Waals surface area (Å²) in [7, 11) is 0. The number of hydrogen-bond acceptors (Lipinski definition) is 3. The number of alkyl halides is 3. The molecular weight excluding hydrogens is 347 g/mol. The molecule has 1 saturated heterocycles. The van der Waals surface area contributed by atoms with E-state index < -0.39 is 18.6 Å². The molecule has 2 aliphatic rings. The van der Waals surface area contributed by atoms with Crippen molar-refractivity contribution in [2.45, 2.75) is 31.9 Å². The molecule has 0 spiro atoms. The Balaban J connectivity index is 1.62. The summed E-state index contributed by atoms with van der Waals surface area (Å²) >= 11 is 0. The van der Waals surface area contributed by atoms with Gasteiger partial charge in [-0.2, -0.15) is 13.2 Å². The highest BCUT2D eigenvalue weighted by Crippen LogP contribution is 2.44. The SMILES string of the molecule is O=C(NCC(F)(F)F)c1ccc(NC(=O)[C@@]23CCCC[C@H]2CNC3)cc1. The smallest absolute Gasteiger partial charge is 0.343 e. The number of rotatable bonds is 4. The van der Waals surface area contributed by atoms with E-state index in [9.17, 15) is 22.8 Å². The summed E-state index contributed by atoms with van der Waals surface area (Å²) in [5, 5.41) is 8.04. The fourth-order valence-corrected chi connectivity index (χ4v) is 3.93. The van der Waals surface area contributed by atoms with Gasteiger partial charge in [0.1, 0.15) is 6.54 Å². The van der Waals surface area contributed by atoms with Gasteiger partial charge in [0, 0.05) is 17.8 Å². The molecule has 0 radical (unpaired) electrons. The summed E-state index contributed by atoms with van der Waals surface area (Å²) < 4.78 is 36.5. The van der Waals surface area contributed by atoms with Crippen LogP contribution in [0.3, 0.4) is 0 Å². The van der Waals surface area contributed by atoms with Gasteiger partial charge in [-0.05, 0) is 49.6 Å². The first-order valence-electron chi connectivity index (χ1n) is 8.77. The zero-order valence-corrected chi connectivity index (χ0v) is 14.3. The van der Waals surface area contributed by atoms with E-state index in [1.807, 2.05) is 5.32 Å². The minimum Gasteiger partial charge on any atom is -0.343 e. The maximum Gasteiger partial charge on any atom is 0.405 e. The van der Waals surface area contributed by atoms with E-state index in [1.54, 1.807) is 0 Å². The summed E-state index contributed by atoms with van der Waals surface area (Å²) in [6.45, 7) is 0.147. The Labute approximate surface area is 149 Å². The van der Waals surface area contributed by atoms with Crippen molar-refractivity contribution < 1.29 is 22.8 Å². The van der Waals surface area contributed by atoms with Crippen LogP contribution in [0.2, 0.25) is 0 Å². The molecule has 2 amide bonds. The highest BCUT2D eigenvalue weighted by atomic mass is 19.4. The van der Waals surface area contributed by atoms with E-state index in [2.05, 4.69) is 10.6 Å². The van der Waals surface area contributed by atoms with Gasteiger partial charge >= 0.3 is 6.18 Å². The summed E-state index contributed by atoms with van der Waals surface area (Å²) in [5.74, 6) is -0.490. The summed E-state index contributed by atoms with van der Waals surface area (Å²) in [4.78, 5) is 24.6. The fourth-order valence-electron chi connectivity index (χ4n) is 3.93. The zero-order valence-electron chi connectivity index (χ0n) is 14.3. The van der Waals surface area contributed by atoms with Crippen molar-refractivity contribution in [3.05, 3.63) is 29.8 Å². The first kappa shape index (κ1) is 18.7. The van der Waals surface area contributed by atoms with Crippen LogP contribution in [0.25, 0.3) is 0 Å². The third-order valence-electron chi connectivity index (χ3n) is 5.34. The van der Waals surface area contributed by atoms with Gasteiger partial charge in [0.15, 0.2) is 0 Å². The Hall–Kier alpha value is -2.09. The van der Waals surface area contributed by atoms with Crippen LogP contribution >= 0.6 is 0 Å². The summed E-state index contributed by atoms with van der Waals surface area (Å²) in [6.07, 6.45) is -0.380. The maximum absolute atomic E-state index is 12.8. The van der Waals surface area contributed by atoms with Gasteiger partial charge in [-0.25, -0.2) is 0 Å². The minimum atomic E-state index is -4.45. The molecular formula is C18H22F3N3O2. The van der Waals surface area contributed by atoms with E-state index in [0.717, 1.165) is 32.2 Å². The standard InChI is InChI=1S/C18H22F3N3O2/c19-18(20,21)11-23-15(25)12-4-6-14(7-5-12)24-16(26)17-8-2-1-3-13(17)9-22-10-17/h4-7,13,22H,1-3,8-11H2,(H,23,25)(H,24,26)/t13-,17+/m0/s1. The lowest BCUT2D eigenvalue weighted by Crippen LogP contribution is -2.44. The number of benzene rings is 1. The topological polar surface area (TPSA) is 70.2 Å². The van der Waals surface area contributed by atoms with Crippen molar-refractivity contribution in [2.75, 3.05) is 25.0 Å². The molecule has 3 rings (SSSR count). The van der Waals surface area contributed by atoms with Crippen LogP contribution in [-0.2, 0) is 4.79 Å². The molecule has 1 aliphatic carbocycles. The van der Waals surface area contributed by atoms with Gasteiger partial charge in [-0.15, -0.1) is 0 Å². The van der Waals surface area contributed by atoms with Gasteiger partial charge < -0.3 is 16.0 Å². The number of anilines is 1. The van der Waals surface area contributed by atoms with Gasteiger partial charge in [0.05, 0.1) is 5.41 Å². The molecule has 1 saturated carbocycles. The molecule has 5 nitrogen and oxygen atoms in total. The van der Waals surface area contributed by atoms with E-state index in [1.165, 1.54) is 24.3 Å². The summed E-state index contributed by atoms with van der Waals surface area (Å²) in [6, 6.07) is 5.89. The Morgan fingerprint density at radius 2 is 1.92 bits per heavy atom. The molecule has 1 aromatic rings. The second kappa shape index (κ2) is 7.26. The van der Waals surface area contributed by atoms with Crippen molar-refractivity contribution in [1.82, 2.24) is 10.6 Å². The molecule has 8 heteroatoms. The zero-order chi connectivity index (χ0) is 18.8. The molecule has 1 heterocycles. The Morgan fingerprint density at radius 1 is 1.19 bits per heavy atom. The number of halogens is 3. The number of nitrogens with one attached hydrogen (secondary N) is 3. The third-order valence-corrected chi connectivity index (χ3v) is 5.34. The van der Waals surface area contributed by atoms with Gasteiger partial charge in [-0.1, -0.05) is 12.8 Å². The monoisotopic (exact) mass is 369 g/mol. The molecule has 2 atom stereocenters. The number of carbonyl (C=O) groups excluding carboxylic acids is 2. The highest BCUT2D eigenvalue weighted by Gasteiger charge is 2.49. The predicted molar refractivity (Wildman–Crippen MR) is 90.7 cm³/mol. The molecule has 0 unspecified atom stereocenters. The molecule has 1 aromatic carbocycles. The summed E-state index contributed by atoms with van der Waals surface area (Å²) in [5.41, 5.74) is 0.262. The van der Waals surface area contributed by atoms with Crippen LogP contribution < -0.4 is 16.0 Å². The largest absolute Gasteiger partial charge is 0.405 e. The van der Waals surface area contributed by atoms with Crippen molar-refractivity contribution in [2.24, 2.45) is 11.3 Å². The van der Waals surface area contributed by atoms with Crippen molar-refractivity contribution >= 4 is 17.5 Å². The van der Waals surface area contributed by atoms with Crippen LogP contribution in [0.15, 0.2) is 24.3 Å². The van der Waals surface area contributed by atoms with Gasteiger partial charge in [-0.3, -0.25) is 9.59 Å². The average molecular weight is 369 g/mol. The number of fused-ring (bicyclic) bond motifs is 1. The van der Waals surface area contributed by atoms with Crippen LogP contribution in [0.4, 0.5) is 18.9 Å². The van der Waals surface area contributed by atoms with Crippen LogP contribution in [0, 0.1) is 11.3 Å². The second-order valence-electron chi connectivity index (χ2n) is 7.06. The second-order valence-corrected chi connectivity index (χ2v) is 7.06. The molecule has 0 bridgehead atoms. The molecule has 142 valence electrons. The first-order chi connectivity index (χ1) is 12.3. The fraction of sp³-hybridized carbons (Fsp3) is 0.556. The van der Waals surface area contributed by atoms with Gasteiger partial charge in [0.2, 0.25) is 5.91 Å². The molecule has 1 aliphatic heterocycles. The van der Waals surface area contributed by atoms with Crippen molar-refractivity contribution in [1.29, 1.82) is 0 Å². The quantitative estimate of drug-likeness (QED) is 0.764. The highest BCUT2D eigenvalue weighted by molar-refractivity contribution is 5.98. The van der Waals surface area contributed by atoms with Crippen LogP contribution in [-0.4, -0.2) is 37.6 Å². The van der Waals surface area contributed by atoms with Crippen LogP contribution in [0.1, 0.15) is 36.0 Å². The molecule has 26 heavy (non-hydrogen) atoms. The first-order valence-corrected chi connectivity index (χ1v) is 8.77. The number of carbonyl (C=O) groups is 2. The predicted octanol–water partition coefficient (Wildman–Crippen LogP) is 2.70. The van der Waals surface area contributed by atoms with Gasteiger partial charge in [0.25, 0.3) is 5.91 Å². The van der Waals surface area contributed by atoms with E-state index in [-0.39, 0.29) is 16.9 Å². The van der Waals surface area contributed by atoms with Crippen molar-refractivity contribution in [3.63, 3.8) is 0 Å². The van der Waals surface area contributed by atoms with E-state index in [0.29, 0.717) is 18.2 Å². The molecule has 2 fully saturated rings. The average Bonchev–Trinajstić information content (AvgIpc) is 3.05. The van der Waals surface area contributed by atoms with E-state index >= 15 is 0 Å². The Bertz CT molecular complexity index is 675. The lowest BCUT2D eigenvalue weighted by molar-refractivity contribution is -0.128.